The van der Waals surface area contributed by atoms with Crippen LogP contribution in [0, 0.1) is 23.7 Å². The summed E-state index contributed by atoms with van der Waals surface area (Å²) in [5, 5.41) is 13.7. The van der Waals surface area contributed by atoms with E-state index in [1.165, 1.54) is 6.92 Å². The first kappa shape index (κ1) is 24.7. The molecule has 0 unspecified atom stereocenters. The lowest BCUT2D eigenvalue weighted by atomic mass is 9.59. The van der Waals surface area contributed by atoms with Crippen molar-refractivity contribution >= 4 is 17.8 Å². The number of rotatable bonds is 2. The number of carbonyl (C=O) groups excluding carboxylic acids is 3. The number of hydrogen-bond donors (Lipinski definition) is 2. The SMILES string of the molecule is C[C@@H]1C/C=C/[C@H]2[C@@H]3O[C@]3(C)[C@@H](C)[C@H]3[C@H](Cc4ccccc4)NC(=O)[C@]32OC(=O)O/C=C/[C@@](C)(O)C1=O. The van der Waals surface area contributed by atoms with Crippen LogP contribution in [-0.4, -0.2) is 51.9 Å². The van der Waals surface area contributed by atoms with E-state index >= 15 is 0 Å². The summed E-state index contributed by atoms with van der Waals surface area (Å²) in [4.78, 5) is 39.5. The van der Waals surface area contributed by atoms with Crippen LogP contribution in [-0.2, 0) is 30.2 Å². The summed E-state index contributed by atoms with van der Waals surface area (Å²) in [7, 11) is 0. The molecule has 3 heterocycles. The topological polar surface area (TPSA) is 114 Å². The first-order valence-corrected chi connectivity index (χ1v) is 12.5. The molecule has 36 heavy (non-hydrogen) atoms. The van der Waals surface area contributed by atoms with E-state index in [9.17, 15) is 19.5 Å². The Hall–Kier alpha value is -2.97. The van der Waals surface area contributed by atoms with Crippen molar-refractivity contribution in [2.45, 2.75) is 69.5 Å². The number of hydrogen-bond acceptors (Lipinski definition) is 7. The number of aliphatic hydroxyl groups is 1. The number of ketones is 1. The minimum Gasteiger partial charge on any atom is -0.416 e. The Bertz CT molecular complexity index is 1130. The van der Waals surface area contributed by atoms with Crippen LogP contribution in [0.5, 0.6) is 0 Å². The standard InChI is InChI=1S/C28H33NO7/c1-16-9-8-12-19-23-27(4,35-23)17(2)21-20(15-18-10-6-5-7-11-18)29-24(31)28(19,21)36-25(32)34-14-13-26(3,33)22(16)30/h5-8,10-14,16-17,19-21,23,33H,9,15H2,1-4H3,(H,29,31)/b12-8+,14-13+/t16-,17+,19+,20+,21+,23+,26-,27-,28-/m1/s1. The Morgan fingerprint density at radius 3 is 2.56 bits per heavy atom. The Morgan fingerprint density at radius 1 is 1.11 bits per heavy atom. The van der Waals surface area contributed by atoms with Crippen molar-refractivity contribution in [1.29, 1.82) is 0 Å². The van der Waals surface area contributed by atoms with Gasteiger partial charge in [0.05, 0.1) is 23.9 Å². The lowest BCUT2D eigenvalue weighted by Gasteiger charge is -2.45. The number of fused-ring (bicyclic) bond motifs is 2. The molecule has 0 aromatic heterocycles. The molecule has 0 radical (unpaired) electrons. The average molecular weight is 496 g/mol. The second-order valence-electron chi connectivity index (χ2n) is 11.0. The molecule has 1 aromatic rings. The first-order chi connectivity index (χ1) is 17.0. The highest BCUT2D eigenvalue weighted by Crippen LogP contribution is 2.63. The van der Waals surface area contributed by atoms with Crippen LogP contribution < -0.4 is 5.32 Å². The van der Waals surface area contributed by atoms with Gasteiger partial charge in [-0.2, -0.15) is 0 Å². The summed E-state index contributed by atoms with van der Waals surface area (Å²) in [5.41, 5.74) is -2.76. The van der Waals surface area contributed by atoms with E-state index in [1.807, 2.05) is 56.3 Å². The number of amides is 1. The van der Waals surface area contributed by atoms with Gasteiger partial charge in [-0.1, -0.05) is 56.3 Å². The zero-order chi connectivity index (χ0) is 25.9. The highest BCUT2D eigenvalue weighted by molar-refractivity contribution is 5.92. The molecule has 2 saturated heterocycles. The third-order valence-corrected chi connectivity index (χ3v) is 8.64. The van der Waals surface area contributed by atoms with Crippen LogP contribution >= 0.6 is 0 Å². The maximum absolute atomic E-state index is 13.8. The van der Waals surface area contributed by atoms with Crippen molar-refractivity contribution in [2.75, 3.05) is 0 Å². The predicted molar refractivity (Wildman–Crippen MR) is 129 cm³/mol. The molecule has 5 rings (SSSR count). The van der Waals surface area contributed by atoms with Crippen molar-refractivity contribution in [1.82, 2.24) is 5.32 Å². The van der Waals surface area contributed by atoms with Crippen LogP contribution in [0.4, 0.5) is 4.79 Å². The molecule has 3 fully saturated rings. The molecule has 8 heteroatoms. The van der Waals surface area contributed by atoms with E-state index in [-0.39, 0.29) is 29.9 Å². The summed E-state index contributed by atoms with van der Waals surface area (Å²) in [6.45, 7) is 7.15. The van der Waals surface area contributed by atoms with Gasteiger partial charge in [-0.25, -0.2) is 4.79 Å². The van der Waals surface area contributed by atoms with E-state index in [4.69, 9.17) is 14.2 Å². The summed E-state index contributed by atoms with van der Waals surface area (Å²) < 4.78 is 17.3. The summed E-state index contributed by atoms with van der Waals surface area (Å²) in [6, 6.07) is 9.58. The number of benzene rings is 1. The molecular weight excluding hydrogens is 462 g/mol. The van der Waals surface area contributed by atoms with Crippen LogP contribution in [0.15, 0.2) is 54.8 Å². The van der Waals surface area contributed by atoms with Crippen LogP contribution in [0.25, 0.3) is 0 Å². The monoisotopic (exact) mass is 495 g/mol. The number of cyclic esters (lactones) is 1. The van der Waals surface area contributed by atoms with Crippen molar-refractivity contribution in [3.05, 3.63) is 60.4 Å². The van der Waals surface area contributed by atoms with E-state index in [0.29, 0.717) is 12.8 Å². The lowest BCUT2D eigenvalue weighted by molar-refractivity contribution is -0.153. The molecule has 9 atom stereocenters. The van der Waals surface area contributed by atoms with Crippen molar-refractivity contribution in [3.63, 3.8) is 0 Å². The molecular formula is C28H33NO7. The van der Waals surface area contributed by atoms with Gasteiger partial charge in [-0.3, -0.25) is 9.59 Å². The second-order valence-corrected chi connectivity index (χ2v) is 11.0. The molecule has 1 amide bonds. The molecule has 0 bridgehead atoms. The van der Waals surface area contributed by atoms with Gasteiger partial charge in [0.2, 0.25) is 5.60 Å². The number of nitrogens with one attached hydrogen (secondary N) is 1. The maximum Gasteiger partial charge on any atom is 0.514 e. The largest absolute Gasteiger partial charge is 0.514 e. The third kappa shape index (κ3) is 3.78. The van der Waals surface area contributed by atoms with Crippen LogP contribution in [0.3, 0.4) is 0 Å². The van der Waals surface area contributed by atoms with Gasteiger partial charge in [0.1, 0.15) is 5.60 Å². The summed E-state index contributed by atoms with van der Waals surface area (Å²) >= 11 is 0. The van der Waals surface area contributed by atoms with E-state index in [0.717, 1.165) is 17.9 Å². The Morgan fingerprint density at radius 2 is 1.83 bits per heavy atom. The molecule has 1 aromatic carbocycles. The van der Waals surface area contributed by atoms with Gasteiger partial charge in [0.25, 0.3) is 5.91 Å². The molecule has 192 valence electrons. The van der Waals surface area contributed by atoms with Crippen LogP contribution in [0.1, 0.15) is 39.7 Å². The maximum atomic E-state index is 13.8. The number of Topliss-reactive ketones (excluding diaryl/α,β-unsaturated/α-hetero) is 1. The number of allylic oxidation sites excluding steroid dienone is 1. The quantitative estimate of drug-likeness (QED) is 0.368. The lowest BCUT2D eigenvalue weighted by Crippen LogP contribution is -2.61. The summed E-state index contributed by atoms with van der Waals surface area (Å²) in [6.07, 6.45) is 5.28. The Labute approximate surface area is 210 Å². The fraction of sp³-hybridized carbons (Fsp3) is 0.536. The highest BCUT2D eigenvalue weighted by Gasteiger charge is 2.78. The number of epoxide rings is 1. The van der Waals surface area contributed by atoms with Gasteiger partial charge < -0.3 is 24.6 Å². The second kappa shape index (κ2) is 8.56. The minimum atomic E-state index is -1.81. The Balaban J connectivity index is 1.58. The van der Waals surface area contributed by atoms with E-state index in [2.05, 4.69) is 5.32 Å². The van der Waals surface area contributed by atoms with Gasteiger partial charge in [0.15, 0.2) is 5.78 Å². The van der Waals surface area contributed by atoms with Crippen molar-refractivity contribution in [3.8, 4) is 0 Å². The normalized spacial score (nSPS) is 45.8. The van der Waals surface area contributed by atoms with Crippen LogP contribution in [0.2, 0.25) is 0 Å². The molecule has 1 aliphatic carbocycles. The summed E-state index contributed by atoms with van der Waals surface area (Å²) in [5.74, 6) is -2.32. The van der Waals surface area contributed by atoms with Gasteiger partial charge in [-0.15, -0.1) is 0 Å². The average Bonchev–Trinajstić information content (AvgIpc) is 3.45. The molecule has 3 aliphatic heterocycles. The first-order valence-electron chi connectivity index (χ1n) is 12.5. The smallest absolute Gasteiger partial charge is 0.416 e. The molecule has 8 nitrogen and oxygen atoms in total. The van der Waals surface area contributed by atoms with Crippen molar-refractivity contribution < 1.29 is 33.7 Å². The number of carbonyl (C=O) groups is 3. The highest BCUT2D eigenvalue weighted by atomic mass is 16.7. The molecule has 1 spiro atoms. The minimum absolute atomic E-state index is 0.0972. The zero-order valence-electron chi connectivity index (χ0n) is 21.0. The van der Waals surface area contributed by atoms with E-state index < -0.39 is 40.6 Å². The van der Waals surface area contributed by atoms with Gasteiger partial charge in [0, 0.05) is 17.9 Å². The van der Waals surface area contributed by atoms with Gasteiger partial charge >= 0.3 is 6.16 Å². The molecule has 2 N–H and O–H groups in total. The fourth-order valence-corrected chi connectivity index (χ4v) is 6.51. The fourth-order valence-electron chi connectivity index (χ4n) is 6.51. The molecule has 1 saturated carbocycles. The molecule has 4 aliphatic rings. The zero-order valence-corrected chi connectivity index (χ0v) is 21.0. The Kier molecular flexibility index (Phi) is 5.87. The number of ether oxygens (including phenoxy) is 3. The van der Waals surface area contributed by atoms with Gasteiger partial charge in [-0.05, 0) is 44.2 Å². The van der Waals surface area contributed by atoms with E-state index in [1.54, 1.807) is 6.92 Å². The van der Waals surface area contributed by atoms with Crippen molar-refractivity contribution in [2.24, 2.45) is 23.7 Å². The predicted octanol–water partition coefficient (Wildman–Crippen LogP) is 3.09. The third-order valence-electron chi connectivity index (χ3n) is 8.64.